The van der Waals surface area contributed by atoms with Gasteiger partial charge >= 0.3 is 61.6 Å². The Morgan fingerprint density at radius 2 is 0.389 bits per heavy atom. The maximum atomic E-state index is 12.9. The molecule has 0 radical (unpaired) electrons. The van der Waals surface area contributed by atoms with Crippen molar-refractivity contribution < 1.29 is 64.1 Å². The molecule has 0 saturated carbocycles. The van der Waals surface area contributed by atoms with Gasteiger partial charge in [-0.3, -0.25) is 0 Å². The van der Waals surface area contributed by atoms with Crippen LogP contribution in [-0.2, 0) is 39.2 Å². The Bertz CT molecular complexity index is 2740. The Kier molecular flexibility index (Phi) is 78.2. The van der Waals surface area contributed by atoms with Gasteiger partial charge < -0.3 is 28.1 Å². The first kappa shape index (κ1) is 109. The van der Waals surface area contributed by atoms with E-state index in [2.05, 4.69) is 76.3 Å². The molecular weight excluding hydrogens is 1480 g/mol. The third-order valence-corrected chi connectivity index (χ3v) is 22.7. The number of rotatable bonds is 78. The Morgan fingerprint density at radius 3 is 0.558 bits per heavy atom. The molecule has 0 amide bonds. The summed E-state index contributed by atoms with van der Waals surface area (Å²) in [6, 6.07) is 6.25. The zero-order valence-electron chi connectivity index (χ0n) is 72.4. The second-order valence-electron chi connectivity index (χ2n) is 31.4. The molecule has 2 aromatic carbocycles. The molecule has 0 spiro atoms. The molecular formula is C96H162CaO14S2. The SMILES string of the molecule is CCCCCCCCCCC/C=C/CCCCCCCOC(=O)c1ccc(S(=O)(=O)[O-])cc1C(=O)OCCCCCCC/C=C/CCCCCCCCCCC.CCCCCCCCCCC/C=C/CCCCCCCOC(=O)c1ccc(S(=O)(=O)[O-])cc1C(=O)OCCCCCCC/C=C/CCCCCCCCCCC.[Ca+2]. The van der Waals surface area contributed by atoms with Crippen LogP contribution in [0, 0.1) is 0 Å². The smallest absolute Gasteiger partial charge is 0.744 e. The van der Waals surface area contributed by atoms with Gasteiger partial charge in [0.2, 0.25) is 0 Å². The standard InChI is InChI=1S/2C48H82O7S.Ca/c2*1-3-5-7-9-11-13-15-17-19-21-23-25-27-29-31-33-35-37-41-54-47(49)45-40-39-44(56(51,52)53)43-46(45)48(50)55-42-38-36-34-32-30-28-26-24-22-20-18-16-14-12-10-8-6-4-2;/h2*23-26,39-40,43H,3-22,27-38,41-42H2,1-2H3,(H,51,52,53);/q;;+2/p-2/b2*25-23+,26-24+;. The van der Waals surface area contributed by atoms with Crippen LogP contribution < -0.4 is 0 Å². The van der Waals surface area contributed by atoms with Crippen molar-refractivity contribution >= 4 is 81.9 Å². The van der Waals surface area contributed by atoms with Crippen LogP contribution in [0.4, 0.5) is 0 Å². The molecule has 0 fully saturated rings. The molecule has 2 aromatic rings. The molecule has 17 heteroatoms. The minimum absolute atomic E-state index is 0. The second kappa shape index (κ2) is 80.8. The molecule has 0 atom stereocenters. The van der Waals surface area contributed by atoms with Crippen molar-refractivity contribution in [1.29, 1.82) is 0 Å². The van der Waals surface area contributed by atoms with Crippen LogP contribution in [0.1, 0.15) is 480 Å². The summed E-state index contributed by atoms with van der Waals surface area (Å²) in [4.78, 5) is 50.5. The number of carbonyl (C=O) groups excluding carboxylic acids is 4. The summed E-state index contributed by atoms with van der Waals surface area (Å²) in [5, 5.41) is 0. The fourth-order valence-electron chi connectivity index (χ4n) is 13.8. The topological polar surface area (TPSA) is 220 Å². The molecule has 0 aromatic heterocycles. The molecule has 0 heterocycles. The van der Waals surface area contributed by atoms with Gasteiger partial charge in [-0.15, -0.1) is 0 Å². The van der Waals surface area contributed by atoms with Gasteiger partial charge in [-0.2, -0.15) is 0 Å². The van der Waals surface area contributed by atoms with Crippen LogP contribution in [-0.4, -0.2) is 114 Å². The van der Waals surface area contributed by atoms with Crippen molar-refractivity contribution in [3.63, 3.8) is 0 Å². The molecule has 0 aliphatic heterocycles. The molecule has 0 bridgehead atoms. The van der Waals surface area contributed by atoms with E-state index >= 15 is 0 Å². The largest absolute Gasteiger partial charge is 2.00 e. The van der Waals surface area contributed by atoms with E-state index in [0.717, 1.165) is 165 Å². The Hall–Kier alpha value is -3.64. The molecule has 0 aliphatic rings. The number of allylic oxidation sites excluding steroid dienone is 8. The Balaban J connectivity index is 0.00000220. The van der Waals surface area contributed by atoms with Crippen molar-refractivity contribution in [3.05, 3.63) is 107 Å². The van der Waals surface area contributed by atoms with E-state index in [4.69, 9.17) is 18.9 Å². The van der Waals surface area contributed by atoms with Gasteiger partial charge in [-0.1, -0.05) is 359 Å². The third kappa shape index (κ3) is 67.9. The molecule has 2 rings (SSSR count). The van der Waals surface area contributed by atoms with E-state index in [9.17, 15) is 45.1 Å². The van der Waals surface area contributed by atoms with Crippen molar-refractivity contribution in [2.75, 3.05) is 26.4 Å². The molecule has 644 valence electrons. The van der Waals surface area contributed by atoms with Crippen LogP contribution >= 0.6 is 0 Å². The van der Waals surface area contributed by atoms with Gasteiger partial charge in [0.25, 0.3) is 0 Å². The normalized spacial score (nSPS) is 11.8. The summed E-state index contributed by atoms with van der Waals surface area (Å²) in [5.41, 5.74) is -0.705. The summed E-state index contributed by atoms with van der Waals surface area (Å²) in [7, 11) is -9.64. The molecule has 113 heavy (non-hydrogen) atoms. The summed E-state index contributed by atoms with van der Waals surface area (Å²) in [6.07, 6.45) is 95.9. The molecule has 14 nitrogen and oxygen atoms in total. The van der Waals surface area contributed by atoms with Gasteiger partial charge in [0.05, 0.1) is 58.5 Å². The number of esters is 4. The molecule has 0 N–H and O–H groups in total. The first-order valence-corrected chi connectivity index (χ1v) is 48.9. The van der Waals surface area contributed by atoms with Crippen LogP contribution in [0.15, 0.2) is 94.8 Å². The number of ether oxygens (including phenoxy) is 4. The van der Waals surface area contributed by atoms with Crippen molar-refractivity contribution in [2.45, 2.75) is 448 Å². The van der Waals surface area contributed by atoms with Crippen LogP contribution in [0.3, 0.4) is 0 Å². The zero-order valence-corrected chi connectivity index (χ0v) is 76.2. The van der Waals surface area contributed by atoms with Gasteiger partial charge in [-0.05, 0) is 165 Å². The fourth-order valence-corrected chi connectivity index (χ4v) is 14.8. The Morgan fingerprint density at radius 1 is 0.239 bits per heavy atom. The minimum Gasteiger partial charge on any atom is -0.744 e. The second-order valence-corrected chi connectivity index (χ2v) is 34.2. The first-order chi connectivity index (χ1) is 54.6. The van der Waals surface area contributed by atoms with Gasteiger partial charge in [0, 0.05) is 0 Å². The maximum absolute atomic E-state index is 12.9. The maximum Gasteiger partial charge on any atom is 2.00 e. The average Bonchev–Trinajstić information content (AvgIpc) is 0.814. The van der Waals surface area contributed by atoms with Gasteiger partial charge in [-0.25, -0.2) is 36.0 Å². The fraction of sp³-hybridized carbons (Fsp3) is 0.750. The molecule has 0 saturated heterocycles. The van der Waals surface area contributed by atoms with E-state index in [1.54, 1.807) is 0 Å². The van der Waals surface area contributed by atoms with E-state index in [-0.39, 0.29) is 86.4 Å². The monoisotopic (exact) mass is 1640 g/mol. The predicted octanol–water partition coefficient (Wildman–Crippen LogP) is 28.7. The summed E-state index contributed by atoms with van der Waals surface area (Å²) in [5.74, 6) is -3.12. The number of carbonyl (C=O) groups is 4. The van der Waals surface area contributed by atoms with E-state index in [0.29, 0.717) is 25.7 Å². The van der Waals surface area contributed by atoms with E-state index in [1.807, 2.05) is 0 Å². The first-order valence-electron chi connectivity index (χ1n) is 46.1. The number of hydrogen-bond acceptors (Lipinski definition) is 14. The number of unbranched alkanes of at least 4 members (excludes halogenated alkanes) is 56. The summed E-state index contributed by atoms with van der Waals surface area (Å²) >= 11 is 0. The summed E-state index contributed by atoms with van der Waals surface area (Å²) < 4.78 is 91.6. The van der Waals surface area contributed by atoms with Crippen LogP contribution in [0.25, 0.3) is 0 Å². The van der Waals surface area contributed by atoms with E-state index in [1.165, 1.54) is 257 Å². The van der Waals surface area contributed by atoms with Crippen molar-refractivity contribution in [2.24, 2.45) is 0 Å². The zero-order chi connectivity index (χ0) is 81.6. The molecule has 0 unspecified atom stereocenters. The Labute approximate surface area is 722 Å². The van der Waals surface area contributed by atoms with Gasteiger partial charge in [0.15, 0.2) is 0 Å². The number of hydrogen-bond donors (Lipinski definition) is 0. The average molecular weight is 1640 g/mol. The van der Waals surface area contributed by atoms with Crippen molar-refractivity contribution in [1.82, 2.24) is 0 Å². The quantitative estimate of drug-likeness (QED) is 0.0150. The minimum atomic E-state index is -4.82. The van der Waals surface area contributed by atoms with Crippen molar-refractivity contribution in [3.8, 4) is 0 Å². The predicted molar refractivity (Wildman–Crippen MR) is 470 cm³/mol. The molecule has 0 aliphatic carbocycles. The van der Waals surface area contributed by atoms with Crippen LogP contribution in [0.5, 0.6) is 0 Å². The number of benzene rings is 2. The third-order valence-electron chi connectivity index (χ3n) is 21.0. The summed E-state index contributed by atoms with van der Waals surface area (Å²) in [6.45, 7) is 9.73. The van der Waals surface area contributed by atoms with Gasteiger partial charge in [0.1, 0.15) is 20.2 Å². The van der Waals surface area contributed by atoms with E-state index < -0.39 is 53.9 Å². The van der Waals surface area contributed by atoms with Crippen LogP contribution in [0.2, 0.25) is 0 Å².